The van der Waals surface area contributed by atoms with E-state index in [1.54, 1.807) is 6.92 Å². The molecule has 2 N–H and O–H groups in total. The summed E-state index contributed by atoms with van der Waals surface area (Å²) >= 11 is 0. The van der Waals surface area contributed by atoms with Crippen molar-refractivity contribution < 1.29 is 22.8 Å². The predicted molar refractivity (Wildman–Crippen MR) is 71.3 cm³/mol. The lowest BCUT2D eigenvalue weighted by atomic mass is 10.2. The predicted octanol–water partition coefficient (Wildman–Crippen LogP) is 0.932. The number of hydrogen-bond donors (Lipinski definition) is 1. The lowest BCUT2D eigenvalue weighted by Crippen LogP contribution is -2.17. The first kappa shape index (κ1) is 16.7. The first-order chi connectivity index (χ1) is 9.74. The molecule has 0 aliphatic heterocycles. The summed E-state index contributed by atoms with van der Waals surface area (Å²) in [6.45, 7) is 1.66. The number of sulfonamides is 1. The van der Waals surface area contributed by atoms with Gasteiger partial charge in [0.15, 0.2) is 17.6 Å². The SMILES string of the molecule is CCC(C#N)Oc1cc([N+](=O)[O-])cc(S(N)(=O)=O)c1OC. The fraction of sp³-hybridized carbons (Fsp3) is 0.364. The van der Waals surface area contributed by atoms with Crippen molar-refractivity contribution in [1.82, 2.24) is 0 Å². The van der Waals surface area contributed by atoms with Crippen LogP contribution in [0.2, 0.25) is 0 Å². The maximum absolute atomic E-state index is 11.5. The van der Waals surface area contributed by atoms with Gasteiger partial charge in [-0.25, -0.2) is 13.6 Å². The number of ether oxygens (including phenoxy) is 2. The molecule has 1 unspecified atom stereocenters. The van der Waals surface area contributed by atoms with Crippen LogP contribution in [-0.2, 0) is 10.0 Å². The van der Waals surface area contributed by atoms with Gasteiger partial charge in [-0.05, 0) is 6.42 Å². The van der Waals surface area contributed by atoms with E-state index in [-0.39, 0.29) is 11.5 Å². The zero-order valence-corrected chi connectivity index (χ0v) is 12.1. The summed E-state index contributed by atoms with van der Waals surface area (Å²) in [5.41, 5.74) is -0.539. The van der Waals surface area contributed by atoms with Crippen molar-refractivity contribution in [3.63, 3.8) is 0 Å². The summed E-state index contributed by atoms with van der Waals surface area (Å²) < 4.78 is 33.2. The summed E-state index contributed by atoms with van der Waals surface area (Å²) in [7, 11) is -3.10. The van der Waals surface area contributed by atoms with Crippen LogP contribution in [0.4, 0.5) is 5.69 Å². The molecule has 0 aromatic heterocycles. The number of primary sulfonamides is 1. The fourth-order valence-corrected chi connectivity index (χ4v) is 2.25. The van der Waals surface area contributed by atoms with Crippen molar-refractivity contribution in [2.24, 2.45) is 5.14 Å². The Morgan fingerprint density at radius 1 is 1.52 bits per heavy atom. The highest BCUT2D eigenvalue weighted by Crippen LogP contribution is 2.38. The van der Waals surface area contributed by atoms with E-state index in [2.05, 4.69) is 0 Å². The molecule has 21 heavy (non-hydrogen) atoms. The largest absolute Gasteiger partial charge is 0.492 e. The highest BCUT2D eigenvalue weighted by atomic mass is 32.2. The van der Waals surface area contributed by atoms with Gasteiger partial charge in [-0.2, -0.15) is 5.26 Å². The van der Waals surface area contributed by atoms with Crippen molar-refractivity contribution in [2.45, 2.75) is 24.3 Å². The van der Waals surface area contributed by atoms with Crippen LogP contribution in [0.3, 0.4) is 0 Å². The molecule has 1 aromatic carbocycles. The van der Waals surface area contributed by atoms with E-state index in [1.807, 2.05) is 6.07 Å². The summed E-state index contributed by atoms with van der Waals surface area (Å²) in [6.07, 6.45) is -0.609. The normalized spacial score (nSPS) is 12.3. The van der Waals surface area contributed by atoms with Gasteiger partial charge >= 0.3 is 0 Å². The number of hydrogen-bond acceptors (Lipinski definition) is 7. The monoisotopic (exact) mass is 315 g/mol. The Kier molecular flexibility index (Phi) is 5.07. The summed E-state index contributed by atoms with van der Waals surface area (Å²) in [6, 6.07) is 3.58. The van der Waals surface area contributed by atoms with Gasteiger partial charge in [0.1, 0.15) is 11.0 Å². The Morgan fingerprint density at radius 3 is 2.52 bits per heavy atom. The molecule has 0 aliphatic carbocycles. The molecule has 1 aromatic rings. The summed E-state index contributed by atoms with van der Waals surface area (Å²) in [4.78, 5) is 9.49. The van der Waals surface area contributed by atoms with Gasteiger partial charge in [-0.1, -0.05) is 6.92 Å². The lowest BCUT2D eigenvalue weighted by Gasteiger charge is -2.15. The van der Waals surface area contributed by atoms with Crippen molar-refractivity contribution in [1.29, 1.82) is 5.26 Å². The third kappa shape index (κ3) is 3.80. The summed E-state index contributed by atoms with van der Waals surface area (Å²) in [5.74, 6) is -0.513. The fourth-order valence-electron chi connectivity index (χ4n) is 1.52. The van der Waals surface area contributed by atoms with Crippen molar-refractivity contribution >= 4 is 15.7 Å². The third-order valence-electron chi connectivity index (χ3n) is 2.51. The Labute approximate surface area is 121 Å². The van der Waals surface area contributed by atoms with E-state index in [0.717, 1.165) is 19.2 Å². The van der Waals surface area contributed by atoms with Gasteiger partial charge in [0.05, 0.1) is 18.1 Å². The molecule has 0 spiro atoms. The molecule has 0 radical (unpaired) electrons. The second kappa shape index (κ2) is 6.38. The van der Waals surface area contributed by atoms with Crippen LogP contribution >= 0.6 is 0 Å². The minimum atomic E-state index is -4.27. The van der Waals surface area contributed by atoms with E-state index in [9.17, 15) is 18.5 Å². The number of nitrogens with zero attached hydrogens (tertiary/aromatic N) is 2. The van der Waals surface area contributed by atoms with Crippen LogP contribution in [0.5, 0.6) is 11.5 Å². The van der Waals surface area contributed by atoms with Gasteiger partial charge in [-0.3, -0.25) is 10.1 Å². The molecule has 1 rings (SSSR count). The number of nitro benzene ring substituents is 1. The molecule has 10 heteroatoms. The molecule has 0 saturated carbocycles. The maximum Gasteiger partial charge on any atom is 0.274 e. The molecule has 1 atom stereocenters. The number of non-ortho nitro benzene ring substituents is 1. The first-order valence-electron chi connectivity index (χ1n) is 5.70. The zero-order chi connectivity index (χ0) is 16.2. The van der Waals surface area contributed by atoms with Gasteiger partial charge in [0.25, 0.3) is 5.69 Å². The highest BCUT2D eigenvalue weighted by molar-refractivity contribution is 7.89. The van der Waals surface area contributed by atoms with E-state index in [1.165, 1.54) is 0 Å². The van der Waals surface area contributed by atoms with Crippen molar-refractivity contribution in [3.05, 3.63) is 22.2 Å². The standard InChI is InChI=1S/C11H13N3O6S/c1-3-8(6-12)20-9-4-7(14(15)16)5-10(11(9)19-2)21(13,17)18/h4-5,8H,3H2,1-2H3,(H2,13,17,18). The second-order valence-corrected chi connectivity index (χ2v) is 5.45. The topological polar surface area (TPSA) is 146 Å². The minimum absolute atomic E-state index is 0.232. The number of nitro groups is 1. The molecule has 0 saturated heterocycles. The van der Waals surface area contributed by atoms with Crippen LogP contribution in [-0.4, -0.2) is 26.6 Å². The van der Waals surface area contributed by atoms with Crippen molar-refractivity contribution in [3.8, 4) is 17.6 Å². The lowest BCUT2D eigenvalue weighted by molar-refractivity contribution is -0.385. The quantitative estimate of drug-likeness (QED) is 0.606. The zero-order valence-electron chi connectivity index (χ0n) is 11.3. The Morgan fingerprint density at radius 2 is 2.14 bits per heavy atom. The highest BCUT2D eigenvalue weighted by Gasteiger charge is 2.26. The molecular formula is C11H13N3O6S. The van der Waals surface area contributed by atoms with Gasteiger partial charge in [-0.15, -0.1) is 0 Å². The van der Waals surface area contributed by atoms with E-state index >= 15 is 0 Å². The molecule has 9 nitrogen and oxygen atoms in total. The number of methoxy groups -OCH3 is 1. The van der Waals surface area contributed by atoms with E-state index in [0.29, 0.717) is 6.42 Å². The number of rotatable bonds is 6. The third-order valence-corrected chi connectivity index (χ3v) is 3.43. The van der Waals surface area contributed by atoms with Crippen LogP contribution in [0.1, 0.15) is 13.3 Å². The molecule has 0 heterocycles. The molecule has 0 fully saturated rings. The van der Waals surface area contributed by atoms with Crippen molar-refractivity contribution in [2.75, 3.05) is 7.11 Å². The van der Waals surface area contributed by atoms with Crippen LogP contribution in [0, 0.1) is 21.4 Å². The molecule has 114 valence electrons. The molecular weight excluding hydrogens is 302 g/mol. The van der Waals surface area contributed by atoms with Crippen LogP contribution < -0.4 is 14.6 Å². The number of nitrogens with two attached hydrogens (primary N) is 1. The minimum Gasteiger partial charge on any atom is -0.492 e. The smallest absolute Gasteiger partial charge is 0.274 e. The molecule has 0 aliphatic rings. The second-order valence-electron chi connectivity index (χ2n) is 3.92. The Balaban J connectivity index is 3.57. The average molecular weight is 315 g/mol. The summed E-state index contributed by atoms with van der Waals surface area (Å²) in [5, 5.41) is 24.7. The van der Waals surface area contributed by atoms with Gasteiger partial charge in [0.2, 0.25) is 10.0 Å². The Bertz CT molecular complexity index is 695. The van der Waals surface area contributed by atoms with E-state index in [4.69, 9.17) is 19.9 Å². The van der Waals surface area contributed by atoms with Gasteiger partial charge < -0.3 is 9.47 Å². The van der Waals surface area contributed by atoms with E-state index < -0.39 is 31.6 Å². The number of nitriles is 1. The van der Waals surface area contributed by atoms with Crippen LogP contribution in [0.15, 0.2) is 17.0 Å². The molecule has 0 bridgehead atoms. The maximum atomic E-state index is 11.5. The number of benzene rings is 1. The Hall–Kier alpha value is -2.38. The molecule has 0 amide bonds. The first-order valence-corrected chi connectivity index (χ1v) is 7.24. The van der Waals surface area contributed by atoms with Crippen LogP contribution in [0.25, 0.3) is 0 Å². The average Bonchev–Trinajstić information content (AvgIpc) is 2.42. The van der Waals surface area contributed by atoms with Gasteiger partial charge in [0, 0.05) is 6.07 Å².